The van der Waals surface area contributed by atoms with Gasteiger partial charge < -0.3 is 14.4 Å². The summed E-state index contributed by atoms with van der Waals surface area (Å²) in [5, 5.41) is 0. The Balaban J connectivity index is 1.70. The Morgan fingerprint density at radius 2 is 1.97 bits per heavy atom. The zero-order chi connectivity index (χ0) is 22.2. The Bertz CT molecular complexity index is 1150. The Morgan fingerprint density at radius 1 is 1.16 bits per heavy atom. The lowest BCUT2D eigenvalue weighted by Gasteiger charge is -2.21. The highest BCUT2D eigenvalue weighted by Crippen LogP contribution is 2.33. The highest BCUT2D eigenvalue weighted by molar-refractivity contribution is 6.07. The lowest BCUT2D eigenvalue weighted by molar-refractivity contribution is -0.137. The molecule has 1 amide bonds. The van der Waals surface area contributed by atoms with E-state index < -0.39 is 23.5 Å². The second kappa shape index (κ2) is 7.86. The van der Waals surface area contributed by atoms with Gasteiger partial charge in [-0.2, -0.15) is 18.2 Å². The van der Waals surface area contributed by atoms with Gasteiger partial charge in [0, 0.05) is 23.5 Å². The van der Waals surface area contributed by atoms with Crippen molar-refractivity contribution in [2.75, 3.05) is 25.2 Å². The van der Waals surface area contributed by atoms with Gasteiger partial charge in [-0.05, 0) is 30.3 Å². The molecule has 0 bridgehead atoms. The number of amides is 1. The second-order valence-electron chi connectivity index (χ2n) is 6.65. The van der Waals surface area contributed by atoms with Crippen LogP contribution in [0.3, 0.4) is 0 Å². The molecule has 1 aromatic heterocycles. The van der Waals surface area contributed by atoms with Crippen LogP contribution >= 0.6 is 0 Å². The van der Waals surface area contributed by atoms with Gasteiger partial charge in [-0.15, -0.1) is 0 Å². The van der Waals surface area contributed by atoms with Crippen LogP contribution < -0.4 is 14.4 Å². The number of ether oxygens (including phenoxy) is 2. The number of halogens is 4. The van der Waals surface area contributed by atoms with E-state index in [4.69, 9.17) is 9.47 Å². The molecule has 0 fully saturated rings. The minimum Gasteiger partial charge on any atom is -0.497 e. The topological polar surface area (TPSA) is 64.6 Å². The summed E-state index contributed by atoms with van der Waals surface area (Å²) >= 11 is 0. The van der Waals surface area contributed by atoms with E-state index >= 15 is 0 Å². The highest BCUT2D eigenvalue weighted by atomic mass is 19.4. The van der Waals surface area contributed by atoms with Crippen LogP contribution in [0.15, 0.2) is 48.7 Å². The lowest BCUT2D eigenvalue weighted by atomic mass is 10.1. The summed E-state index contributed by atoms with van der Waals surface area (Å²) in [6.45, 7) is 0.0114. The van der Waals surface area contributed by atoms with Crippen molar-refractivity contribution in [1.82, 2.24) is 9.97 Å². The van der Waals surface area contributed by atoms with E-state index in [1.807, 2.05) is 0 Å². The summed E-state index contributed by atoms with van der Waals surface area (Å²) in [5.74, 6) is -0.818. The van der Waals surface area contributed by atoms with Crippen molar-refractivity contribution in [2.24, 2.45) is 0 Å². The Morgan fingerprint density at radius 3 is 2.71 bits per heavy atom. The first kappa shape index (κ1) is 20.6. The molecule has 10 heteroatoms. The van der Waals surface area contributed by atoms with Crippen LogP contribution in [0.4, 0.5) is 23.2 Å². The van der Waals surface area contributed by atoms with Gasteiger partial charge in [-0.25, -0.2) is 9.37 Å². The molecule has 0 saturated carbocycles. The number of aromatic nitrogens is 2. The summed E-state index contributed by atoms with van der Waals surface area (Å²) in [5.41, 5.74) is -0.484. The van der Waals surface area contributed by atoms with E-state index in [2.05, 4.69) is 9.97 Å². The first-order chi connectivity index (χ1) is 14.8. The minimum absolute atomic E-state index is 0.00207. The molecule has 0 atom stereocenters. The van der Waals surface area contributed by atoms with Crippen molar-refractivity contribution in [2.45, 2.75) is 6.18 Å². The van der Waals surface area contributed by atoms with Crippen LogP contribution in [0.2, 0.25) is 0 Å². The minimum atomic E-state index is -4.54. The molecule has 4 rings (SSSR count). The second-order valence-corrected chi connectivity index (χ2v) is 6.65. The molecule has 1 aliphatic rings. The fraction of sp³-hybridized carbons (Fsp3) is 0.190. The van der Waals surface area contributed by atoms with Gasteiger partial charge in [0.2, 0.25) is 5.88 Å². The van der Waals surface area contributed by atoms with Gasteiger partial charge >= 0.3 is 6.18 Å². The fourth-order valence-electron chi connectivity index (χ4n) is 3.15. The van der Waals surface area contributed by atoms with Gasteiger partial charge in [0.15, 0.2) is 5.82 Å². The molecule has 0 radical (unpaired) electrons. The molecule has 6 nitrogen and oxygen atoms in total. The third-order valence-corrected chi connectivity index (χ3v) is 4.63. The van der Waals surface area contributed by atoms with Crippen molar-refractivity contribution < 1.29 is 31.8 Å². The zero-order valence-electron chi connectivity index (χ0n) is 16.1. The molecule has 0 aliphatic carbocycles. The fourth-order valence-corrected chi connectivity index (χ4v) is 3.15. The smallest absolute Gasteiger partial charge is 0.416 e. The van der Waals surface area contributed by atoms with Crippen molar-refractivity contribution in [3.8, 4) is 23.0 Å². The molecule has 160 valence electrons. The molecule has 0 spiro atoms. The van der Waals surface area contributed by atoms with E-state index in [1.54, 1.807) is 0 Å². The monoisotopic (exact) mass is 433 g/mol. The van der Waals surface area contributed by atoms with Gasteiger partial charge in [-0.3, -0.25) is 4.79 Å². The van der Waals surface area contributed by atoms with Gasteiger partial charge in [0.1, 0.15) is 23.7 Å². The molecule has 1 aliphatic heterocycles. The Kier molecular flexibility index (Phi) is 5.22. The number of nitrogens with zero attached hydrogens (tertiary/aromatic N) is 3. The third kappa shape index (κ3) is 4.14. The normalized spacial score (nSPS) is 14.0. The number of benzene rings is 2. The summed E-state index contributed by atoms with van der Waals surface area (Å²) in [7, 11) is 1.39. The predicted molar refractivity (Wildman–Crippen MR) is 103 cm³/mol. The van der Waals surface area contributed by atoms with Gasteiger partial charge in [0.05, 0.1) is 19.2 Å². The van der Waals surface area contributed by atoms with Crippen molar-refractivity contribution in [3.63, 3.8) is 0 Å². The summed E-state index contributed by atoms with van der Waals surface area (Å²) in [6.07, 6.45) is -3.33. The number of anilines is 1. The van der Waals surface area contributed by atoms with Crippen molar-refractivity contribution >= 4 is 11.6 Å². The summed E-state index contributed by atoms with van der Waals surface area (Å²) < 4.78 is 63.6. The number of methoxy groups -OCH3 is 1. The summed E-state index contributed by atoms with van der Waals surface area (Å²) in [6, 6.07) is 8.40. The SMILES string of the molecule is COc1cc(F)cc(-c2ncc3c(n2)OCCN(c2cccc(C(F)(F)F)c2)C3=O)c1. The maximum atomic E-state index is 13.8. The Hall–Kier alpha value is -3.69. The molecular formula is C21H15F4N3O3. The number of alkyl halides is 3. The number of hydrogen-bond acceptors (Lipinski definition) is 5. The van der Waals surface area contributed by atoms with Crippen LogP contribution in [0.1, 0.15) is 15.9 Å². The average molecular weight is 433 g/mol. The number of carbonyl (C=O) groups is 1. The average Bonchev–Trinajstić information content (AvgIpc) is 2.91. The van der Waals surface area contributed by atoms with Crippen LogP contribution in [0, 0.1) is 5.82 Å². The number of carbonyl (C=O) groups excluding carboxylic acids is 1. The van der Waals surface area contributed by atoms with Gasteiger partial charge in [0.25, 0.3) is 5.91 Å². The predicted octanol–water partition coefficient (Wildman–Crippen LogP) is 4.35. The van der Waals surface area contributed by atoms with Crippen LogP contribution in [-0.4, -0.2) is 36.1 Å². The number of fused-ring (bicyclic) bond motifs is 1. The quantitative estimate of drug-likeness (QED) is 0.575. The largest absolute Gasteiger partial charge is 0.497 e. The highest BCUT2D eigenvalue weighted by Gasteiger charge is 2.32. The van der Waals surface area contributed by atoms with E-state index in [9.17, 15) is 22.4 Å². The number of hydrogen-bond donors (Lipinski definition) is 0. The standard InChI is InChI=1S/C21H15F4N3O3/c1-30-16-8-12(7-14(22)10-16)18-26-11-17-19(27-18)31-6-5-28(20(17)29)15-4-2-3-13(9-15)21(23,24)25/h2-4,7-11H,5-6H2,1H3. The van der Waals surface area contributed by atoms with E-state index in [0.29, 0.717) is 5.56 Å². The maximum absolute atomic E-state index is 13.8. The van der Waals surface area contributed by atoms with E-state index in [1.165, 1.54) is 48.5 Å². The summed E-state index contributed by atoms with van der Waals surface area (Å²) in [4.78, 5) is 22.5. The first-order valence-electron chi connectivity index (χ1n) is 9.10. The van der Waals surface area contributed by atoms with Crippen molar-refractivity contribution in [1.29, 1.82) is 0 Å². The molecule has 2 heterocycles. The number of rotatable bonds is 3. The molecule has 0 N–H and O–H groups in total. The molecule has 3 aromatic rings. The molecule has 0 saturated heterocycles. The van der Waals surface area contributed by atoms with Crippen LogP contribution in [0.25, 0.3) is 11.4 Å². The lowest BCUT2D eigenvalue weighted by Crippen LogP contribution is -2.32. The molecule has 31 heavy (non-hydrogen) atoms. The van der Waals surface area contributed by atoms with Crippen LogP contribution in [-0.2, 0) is 6.18 Å². The molecule has 2 aromatic carbocycles. The Labute approximate surface area is 174 Å². The van der Waals surface area contributed by atoms with Crippen molar-refractivity contribution in [3.05, 3.63) is 65.6 Å². The zero-order valence-corrected chi connectivity index (χ0v) is 16.1. The first-order valence-corrected chi connectivity index (χ1v) is 9.10. The van der Waals surface area contributed by atoms with E-state index in [-0.39, 0.29) is 41.9 Å². The van der Waals surface area contributed by atoms with E-state index in [0.717, 1.165) is 12.1 Å². The maximum Gasteiger partial charge on any atom is 0.416 e. The van der Waals surface area contributed by atoms with Gasteiger partial charge in [-0.1, -0.05) is 6.07 Å². The van der Waals surface area contributed by atoms with Crippen LogP contribution in [0.5, 0.6) is 11.6 Å². The molecular weight excluding hydrogens is 418 g/mol. The third-order valence-electron chi connectivity index (χ3n) is 4.63. The molecule has 0 unspecified atom stereocenters.